The van der Waals surface area contributed by atoms with Crippen LogP contribution in [-0.2, 0) is 0 Å². The highest BCUT2D eigenvalue weighted by Crippen LogP contribution is 1.96. The van der Waals surface area contributed by atoms with E-state index in [4.69, 9.17) is 0 Å². The Morgan fingerprint density at radius 1 is 1.29 bits per heavy atom. The molecule has 2 rings (SSSR count). The summed E-state index contributed by atoms with van der Waals surface area (Å²) < 4.78 is 1.35. The fourth-order valence-corrected chi connectivity index (χ4v) is 1.000. The molecule has 0 unspecified atom stereocenters. The molecule has 0 saturated heterocycles. The summed E-state index contributed by atoms with van der Waals surface area (Å²) in [6.45, 7) is 0. The summed E-state index contributed by atoms with van der Waals surface area (Å²) in [5, 5.41) is 0. The molecule has 0 radical (unpaired) electrons. The largest absolute Gasteiger partial charge is 0.275 e. The zero-order chi connectivity index (χ0) is 9.80. The van der Waals surface area contributed by atoms with Crippen molar-refractivity contribution in [3.63, 3.8) is 0 Å². The van der Waals surface area contributed by atoms with Crippen molar-refractivity contribution in [3.8, 4) is 0 Å². The Hall–Kier alpha value is -2.17. The molecular weight excluding hydrogens is 180 g/mol. The van der Waals surface area contributed by atoms with E-state index in [9.17, 15) is 4.79 Å². The molecule has 0 aliphatic heterocycles. The molecule has 0 fully saturated rings. The lowest BCUT2D eigenvalue weighted by atomic mass is 10.5. The van der Waals surface area contributed by atoms with E-state index in [0.717, 1.165) is 0 Å². The summed E-state index contributed by atoms with van der Waals surface area (Å²) in [7, 11) is 0. The Morgan fingerprint density at radius 3 is 2.93 bits per heavy atom. The summed E-state index contributed by atoms with van der Waals surface area (Å²) in [5.41, 5.74) is 2.69. The van der Waals surface area contributed by atoms with Gasteiger partial charge in [0.15, 0.2) is 0 Å². The minimum Gasteiger partial charge on any atom is -0.275 e. The molecule has 0 bridgehead atoms. The van der Waals surface area contributed by atoms with Gasteiger partial charge in [0.2, 0.25) is 0 Å². The third kappa shape index (κ3) is 1.77. The quantitative estimate of drug-likeness (QED) is 0.746. The van der Waals surface area contributed by atoms with Crippen LogP contribution in [0.1, 0.15) is 0 Å². The monoisotopic (exact) mass is 188 g/mol. The molecule has 2 aromatic rings. The molecule has 5 nitrogen and oxygen atoms in total. The van der Waals surface area contributed by atoms with Gasteiger partial charge in [0.25, 0.3) is 5.56 Å². The number of anilines is 1. The van der Waals surface area contributed by atoms with E-state index in [2.05, 4.69) is 15.4 Å². The summed E-state index contributed by atoms with van der Waals surface area (Å²) in [6.07, 6.45) is 4.64. The number of aromatic nitrogens is 3. The van der Waals surface area contributed by atoms with E-state index in [1.165, 1.54) is 17.1 Å². The lowest BCUT2D eigenvalue weighted by molar-refractivity contribution is 0.884. The first kappa shape index (κ1) is 8.43. The van der Waals surface area contributed by atoms with E-state index in [1.807, 2.05) is 0 Å². The molecule has 5 heteroatoms. The van der Waals surface area contributed by atoms with E-state index in [-0.39, 0.29) is 5.56 Å². The van der Waals surface area contributed by atoms with Crippen molar-refractivity contribution in [1.82, 2.24) is 14.6 Å². The summed E-state index contributed by atoms with van der Waals surface area (Å²) >= 11 is 0. The minimum atomic E-state index is -0.133. The second-order valence-corrected chi connectivity index (χ2v) is 2.62. The lowest BCUT2D eigenvalue weighted by Gasteiger charge is -2.06. The fraction of sp³-hybridized carbons (Fsp3) is 0. The van der Waals surface area contributed by atoms with Gasteiger partial charge in [-0.2, -0.15) is 0 Å². The Bertz CT molecular complexity index is 465. The average molecular weight is 188 g/mol. The Morgan fingerprint density at radius 2 is 2.21 bits per heavy atom. The van der Waals surface area contributed by atoms with Crippen molar-refractivity contribution < 1.29 is 0 Å². The predicted molar refractivity (Wildman–Crippen MR) is 51.8 cm³/mol. The van der Waals surface area contributed by atoms with E-state index in [0.29, 0.717) is 5.82 Å². The zero-order valence-corrected chi connectivity index (χ0v) is 7.29. The highest BCUT2D eigenvalue weighted by atomic mass is 16.1. The molecule has 14 heavy (non-hydrogen) atoms. The molecule has 0 atom stereocenters. The Balaban J connectivity index is 2.28. The van der Waals surface area contributed by atoms with Crippen molar-refractivity contribution in [3.05, 3.63) is 53.3 Å². The topological polar surface area (TPSA) is 59.8 Å². The van der Waals surface area contributed by atoms with Crippen LogP contribution in [0.2, 0.25) is 0 Å². The number of hydrogen-bond donors (Lipinski definition) is 1. The molecule has 2 aromatic heterocycles. The van der Waals surface area contributed by atoms with Crippen LogP contribution in [0.15, 0.2) is 47.8 Å². The van der Waals surface area contributed by atoms with E-state index < -0.39 is 0 Å². The van der Waals surface area contributed by atoms with Crippen LogP contribution in [-0.4, -0.2) is 14.6 Å². The first-order chi connectivity index (χ1) is 6.86. The number of rotatable bonds is 2. The van der Waals surface area contributed by atoms with Crippen LogP contribution in [0.25, 0.3) is 0 Å². The molecule has 70 valence electrons. The van der Waals surface area contributed by atoms with E-state index >= 15 is 0 Å². The molecule has 2 heterocycles. The molecule has 1 N–H and O–H groups in total. The van der Waals surface area contributed by atoms with Crippen LogP contribution in [0.5, 0.6) is 0 Å². The molecule has 0 aliphatic carbocycles. The lowest BCUT2D eigenvalue weighted by Crippen LogP contribution is -2.24. The highest BCUT2D eigenvalue weighted by Gasteiger charge is 1.93. The van der Waals surface area contributed by atoms with Crippen LogP contribution < -0.4 is 11.0 Å². The maximum atomic E-state index is 11.3. The summed E-state index contributed by atoms with van der Waals surface area (Å²) in [4.78, 5) is 19.0. The fourth-order valence-electron chi connectivity index (χ4n) is 1.000. The van der Waals surface area contributed by atoms with Crippen LogP contribution in [0.3, 0.4) is 0 Å². The first-order valence-electron chi connectivity index (χ1n) is 4.07. The van der Waals surface area contributed by atoms with Gasteiger partial charge in [0.05, 0.1) is 0 Å². The standard InChI is InChI=1S/C9H8N4O/c14-9-3-1-2-6-13(9)12-8-4-5-10-7-11-8/h1-7H,(H,10,11,12). The SMILES string of the molecule is O=c1ccccn1Nc1ccncn1. The number of nitrogens with zero attached hydrogens (tertiary/aromatic N) is 3. The summed E-state index contributed by atoms with van der Waals surface area (Å²) in [5.74, 6) is 0.577. The maximum Gasteiger partial charge on any atom is 0.269 e. The van der Waals surface area contributed by atoms with Gasteiger partial charge in [0.1, 0.15) is 12.1 Å². The van der Waals surface area contributed by atoms with E-state index in [1.54, 1.807) is 30.6 Å². The van der Waals surface area contributed by atoms with Gasteiger partial charge in [-0.25, -0.2) is 14.6 Å². The number of hydrogen-bond acceptors (Lipinski definition) is 4. The van der Waals surface area contributed by atoms with Crippen molar-refractivity contribution >= 4 is 5.82 Å². The van der Waals surface area contributed by atoms with Crippen LogP contribution in [0, 0.1) is 0 Å². The van der Waals surface area contributed by atoms with Gasteiger partial charge in [-0.05, 0) is 6.07 Å². The first-order valence-corrected chi connectivity index (χ1v) is 4.07. The number of nitrogens with one attached hydrogen (secondary N) is 1. The number of pyridine rings is 1. The second kappa shape index (κ2) is 3.69. The van der Waals surface area contributed by atoms with Gasteiger partial charge in [-0.15, -0.1) is 0 Å². The van der Waals surface area contributed by atoms with Gasteiger partial charge < -0.3 is 0 Å². The van der Waals surface area contributed by atoms with Crippen LogP contribution >= 0.6 is 0 Å². The van der Waals surface area contributed by atoms with Crippen molar-refractivity contribution in [2.75, 3.05) is 5.43 Å². The third-order valence-electron chi connectivity index (χ3n) is 1.64. The molecule has 0 spiro atoms. The highest BCUT2D eigenvalue weighted by molar-refractivity contribution is 5.31. The Kier molecular flexibility index (Phi) is 2.22. The molecule has 0 saturated carbocycles. The third-order valence-corrected chi connectivity index (χ3v) is 1.64. The zero-order valence-electron chi connectivity index (χ0n) is 7.29. The molecular formula is C9H8N4O. The summed E-state index contributed by atoms with van der Waals surface area (Å²) in [6, 6.07) is 6.59. The molecule has 0 aliphatic rings. The molecule has 0 aromatic carbocycles. The van der Waals surface area contributed by atoms with Crippen molar-refractivity contribution in [2.45, 2.75) is 0 Å². The smallest absolute Gasteiger partial charge is 0.269 e. The van der Waals surface area contributed by atoms with Gasteiger partial charge >= 0.3 is 0 Å². The second-order valence-electron chi connectivity index (χ2n) is 2.62. The maximum absolute atomic E-state index is 11.3. The normalized spacial score (nSPS) is 9.71. The van der Waals surface area contributed by atoms with Crippen molar-refractivity contribution in [1.29, 1.82) is 0 Å². The van der Waals surface area contributed by atoms with Crippen molar-refractivity contribution in [2.24, 2.45) is 0 Å². The van der Waals surface area contributed by atoms with Gasteiger partial charge in [-0.3, -0.25) is 10.2 Å². The minimum absolute atomic E-state index is 0.133. The van der Waals surface area contributed by atoms with Gasteiger partial charge in [-0.1, -0.05) is 6.07 Å². The Labute approximate surface area is 80.0 Å². The van der Waals surface area contributed by atoms with Crippen LogP contribution in [0.4, 0.5) is 5.82 Å². The molecule has 0 amide bonds. The van der Waals surface area contributed by atoms with Gasteiger partial charge in [0, 0.05) is 24.5 Å². The predicted octanol–water partition coefficient (Wildman–Crippen LogP) is 0.513. The average Bonchev–Trinajstić information content (AvgIpc) is 2.23.